The lowest BCUT2D eigenvalue weighted by atomic mass is 10.3. The van der Waals surface area contributed by atoms with Crippen LogP contribution in [0.5, 0.6) is 0 Å². The van der Waals surface area contributed by atoms with E-state index in [1.165, 1.54) is 0 Å². The van der Waals surface area contributed by atoms with Crippen molar-refractivity contribution in [3.63, 3.8) is 0 Å². The molecule has 0 spiro atoms. The normalized spacial score (nSPS) is 10.7. The number of nitrogens with zero attached hydrogens (tertiary/aromatic N) is 2. The Morgan fingerprint density at radius 3 is 2.37 bits per heavy atom. The number of aliphatic imine (C=N–C) groups is 1. The third kappa shape index (κ3) is 5.38. The zero-order valence-corrected chi connectivity index (χ0v) is 14.0. The molecule has 1 heterocycles. The summed E-state index contributed by atoms with van der Waals surface area (Å²) in [5, 5.41) is 1.53. The van der Waals surface area contributed by atoms with Crippen LogP contribution in [0.4, 0.5) is 5.69 Å². The smallest absolute Gasteiger partial charge is 0.219 e. The number of amidine groups is 1. The fourth-order valence-corrected chi connectivity index (χ4v) is 1.85. The number of benzene rings is 1. The maximum atomic E-state index is 5.84. The molecule has 19 heavy (non-hydrogen) atoms. The molecule has 100 valence electrons. The molecule has 0 saturated heterocycles. The Balaban J connectivity index is 0.00000180. The van der Waals surface area contributed by atoms with Gasteiger partial charge in [0.1, 0.15) is 0 Å². The summed E-state index contributed by atoms with van der Waals surface area (Å²) in [6, 6.07) is 13.3. The van der Waals surface area contributed by atoms with E-state index in [0.29, 0.717) is 5.02 Å². The van der Waals surface area contributed by atoms with E-state index in [9.17, 15) is 0 Å². The molecule has 2 rings (SSSR count). The van der Waals surface area contributed by atoms with Gasteiger partial charge in [0.2, 0.25) is 5.17 Å². The molecular weight excluding hydrogens is 393 g/mol. The van der Waals surface area contributed by atoms with Crippen LogP contribution in [0.3, 0.4) is 0 Å². The first-order valence-electron chi connectivity index (χ1n) is 5.39. The maximum absolute atomic E-state index is 5.84. The van der Waals surface area contributed by atoms with Gasteiger partial charge in [-0.25, -0.2) is 4.99 Å². The summed E-state index contributed by atoms with van der Waals surface area (Å²) >= 11 is 7.39. The minimum Gasteiger partial charge on any atom is -1.00 e. The fraction of sp³-hybridized carbons (Fsp3) is 0.0769. The molecule has 0 saturated carbocycles. The number of rotatable bonds is 2. The molecule has 0 atom stereocenters. The Bertz CT molecular complexity index is 531. The second kappa shape index (κ2) is 8.39. The van der Waals surface area contributed by atoms with Crippen LogP contribution in [-0.2, 0) is 0 Å². The summed E-state index contributed by atoms with van der Waals surface area (Å²) in [5.41, 5.74) is 4.06. The van der Waals surface area contributed by atoms with Gasteiger partial charge in [-0.1, -0.05) is 34.1 Å². The molecule has 0 fully saturated rings. The summed E-state index contributed by atoms with van der Waals surface area (Å²) in [4.78, 5) is 4.50. The lowest BCUT2D eigenvalue weighted by Gasteiger charge is -2.02. The van der Waals surface area contributed by atoms with Gasteiger partial charge in [-0.15, -0.1) is 5.43 Å². The molecule has 0 amide bonds. The minimum atomic E-state index is 0. The van der Waals surface area contributed by atoms with Crippen LogP contribution in [0.15, 0.2) is 59.9 Å². The number of hydrogen-bond donors (Lipinski definition) is 1. The summed E-state index contributed by atoms with van der Waals surface area (Å²) in [5.74, 6) is 0. The predicted octanol–water partition coefficient (Wildman–Crippen LogP) is 0.226. The van der Waals surface area contributed by atoms with Gasteiger partial charge in [0.25, 0.3) is 0 Å². The molecule has 0 radical (unpaired) electrons. The topological polar surface area (TPSA) is 28.3 Å². The van der Waals surface area contributed by atoms with Gasteiger partial charge >= 0.3 is 0 Å². The van der Waals surface area contributed by atoms with Crippen molar-refractivity contribution in [2.75, 3.05) is 11.7 Å². The first-order valence-corrected chi connectivity index (χ1v) is 7.00. The van der Waals surface area contributed by atoms with Gasteiger partial charge in [-0.2, -0.15) is 0 Å². The molecule has 6 heteroatoms. The molecule has 1 aromatic carbocycles. The van der Waals surface area contributed by atoms with E-state index in [-0.39, 0.29) is 24.0 Å². The summed E-state index contributed by atoms with van der Waals surface area (Å²) in [6.45, 7) is 0. The van der Waals surface area contributed by atoms with Gasteiger partial charge in [0.15, 0.2) is 12.4 Å². The monoisotopic (exact) mass is 405 g/mol. The zero-order valence-electron chi connectivity index (χ0n) is 10.3. The molecule has 2 aromatic rings. The van der Waals surface area contributed by atoms with Crippen molar-refractivity contribution in [3.05, 3.63) is 59.9 Å². The highest BCUT2D eigenvalue weighted by atomic mass is 127. The standard InChI is InChI=1S/C13H13ClN3S.HI/c1-18-13(16-17-9-3-2-4-10-17)15-12-7-5-11(14)6-8-12;/h2-10H,1H3,(H,15,16);1H/q+1;/p-1. The number of nitrogens with one attached hydrogen (secondary N) is 1. The Hall–Kier alpha value is -0.790. The third-order valence-corrected chi connectivity index (χ3v) is 3.01. The zero-order chi connectivity index (χ0) is 12.8. The van der Waals surface area contributed by atoms with Crippen molar-refractivity contribution in [1.82, 2.24) is 0 Å². The Kier molecular flexibility index (Phi) is 7.19. The number of halogens is 2. The highest BCUT2D eigenvalue weighted by molar-refractivity contribution is 8.13. The lowest BCUT2D eigenvalue weighted by Crippen LogP contribution is -3.00. The van der Waals surface area contributed by atoms with Crippen molar-refractivity contribution >= 4 is 34.2 Å². The van der Waals surface area contributed by atoms with Gasteiger partial charge < -0.3 is 24.0 Å². The van der Waals surface area contributed by atoms with Gasteiger partial charge in [0, 0.05) is 17.2 Å². The Labute approximate surface area is 139 Å². The average Bonchev–Trinajstić information content (AvgIpc) is 2.41. The van der Waals surface area contributed by atoms with Crippen LogP contribution < -0.4 is 34.1 Å². The average molecular weight is 406 g/mol. The highest BCUT2D eigenvalue weighted by Gasteiger charge is 2.03. The van der Waals surface area contributed by atoms with Crippen molar-refractivity contribution in [3.8, 4) is 0 Å². The molecule has 1 N–H and O–H groups in total. The highest BCUT2D eigenvalue weighted by Crippen LogP contribution is 2.17. The van der Waals surface area contributed by atoms with E-state index in [4.69, 9.17) is 11.6 Å². The molecule has 0 aliphatic rings. The van der Waals surface area contributed by atoms with E-state index in [2.05, 4.69) is 10.4 Å². The number of pyridine rings is 1. The SMILES string of the molecule is CSC(=Nc1ccc(Cl)cc1)N[n+]1ccccc1.[I-]. The van der Waals surface area contributed by atoms with Crippen LogP contribution in [0, 0.1) is 0 Å². The first kappa shape index (κ1) is 16.3. The number of thioether (sulfide) groups is 1. The summed E-state index contributed by atoms with van der Waals surface area (Å²) in [7, 11) is 0. The van der Waals surface area contributed by atoms with Crippen molar-refractivity contribution in [1.29, 1.82) is 0 Å². The summed E-state index contributed by atoms with van der Waals surface area (Å²) in [6.07, 6.45) is 5.83. The van der Waals surface area contributed by atoms with Crippen LogP contribution in [0.25, 0.3) is 0 Å². The van der Waals surface area contributed by atoms with Crippen LogP contribution >= 0.6 is 23.4 Å². The quantitative estimate of drug-likeness (QED) is 0.335. The molecule has 0 aliphatic heterocycles. The molecular formula is C13H13ClIN3S. The number of aromatic nitrogens is 1. The lowest BCUT2D eigenvalue weighted by molar-refractivity contribution is -0.639. The third-order valence-electron chi connectivity index (χ3n) is 2.19. The second-order valence-corrected chi connectivity index (χ2v) is 4.72. The van der Waals surface area contributed by atoms with E-state index in [1.54, 1.807) is 11.8 Å². The molecule has 0 bridgehead atoms. The van der Waals surface area contributed by atoms with Gasteiger partial charge in [-0.3, -0.25) is 0 Å². The van der Waals surface area contributed by atoms with Crippen molar-refractivity contribution < 1.29 is 28.7 Å². The van der Waals surface area contributed by atoms with Crippen LogP contribution in [0.2, 0.25) is 5.02 Å². The van der Waals surface area contributed by atoms with Crippen LogP contribution in [0.1, 0.15) is 0 Å². The predicted molar refractivity (Wildman–Crippen MR) is 78.1 cm³/mol. The largest absolute Gasteiger partial charge is 1.00 e. The fourth-order valence-electron chi connectivity index (χ4n) is 1.33. The molecule has 3 nitrogen and oxygen atoms in total. The molecule has 1 aromatic heterocycles. The number of hydrogen-bond acceptors (Lipinski definition) is 2. The Morgan fingerprint density at radius 1 is 1.16 bits per heavy atom. The molecule has 0 unspecified atom stereocenters. The van der Waals surface area contributed by atoms with E-state index in [1.807, 2.05) is 65.8 Å². The van der Waals surface area contributed by atoms with E-state index in [0.717, 1.165) is 10.9 Å². The minimum absolute atomic E-state index is 0. The van der Waals surface area contributed by atoms with E-state index < -0.39 is 0 Å². The van der Waals surface area contributed by atoms with Crippen LogP contribution in [-0.4, -0.2) is 11.4 Å². The van der Waals surface area contributed by atoms with E-state index >= 15 is 0 Å². The Morgan fingerprint density at radius 2 is 1.79 bits per heavy atom. The second-order valence-electron chi connectivity index (χ2n) is 3.49. The molecule has 0 aliphatic carbocycles. The van der Waals surface area contributed by atoms with Crippen molar-refractivity contribution in [2.45, 2.75) is 0 Å². The van der Waals surface area contributed by atoms with Gasteiger partial charge in [-0.05, 0) is 30.5 Å². The van der Waals surface area contributed by atoms with Gasteiger partial charge in [0.05, 0.1) is 5.69 Å². The maximum Gasteiger partial charge on any atom is 0.219 e. The first-order chi connectivity index (χ1) is 8.78. The summed E-state index contributed by atoms with van der Waals surface area (Å²) < 4.78 is 1.85. The van der Waals surface area contributed by atoms with Crippen molar-refractivity contribution in [2.24, 2.45) is 4.99 Å².